The van der Waals surface area contributed by atoms with Crippen LogP contribution < -0.4 is 0 Å². The molecule has 1 aromatic heterocycles. The van der Waals surface area contributed by atoms with Crippen LogP contribution in [0, 0.1) is 19.8 Å². The monoisotopic (exact) mass is 447 g/mol. The molecule has 6 heteroatoms. The Kier molecular flexibility index (Phi) is 5.64. The van der Waals surface area contributed by atoms with E-state index < -0.39 is 0 Å². The highest BCUT2D eigenvalue weighted by molar-refractivity contribution is 7.15. The molecule has 0 unspecified atom stereocenters. The summed E-state index contributed by atoms with van der Waals surface area (Å²) in [5.41, 5.74) is 5.54. The van der Waals surface area contributed by atoms with Crippen LogP contribution in [0.2, 0.25) is 0 Å². The van der Waals surface area contributed by atoms with E-state index in [9.17, 15) is 9.18 Å². The molecule has 0 spiro atoms. The van der Waals surface area contributed by atoms with Gasteiger partial charge in [-0.1, -0.05) is 29.8 Å². The molecule has 3 aliphatic rings. The summed E-state index contributed by atoms with van der Waals surface area (Å²) in [7, 11) is 0. The first-order valence-electron chi connectivity index (χ1n) is 11.2. The van der Waals surface area contributed by atoms with Gasteiger partial charge in [-0.05, 0) is 62.3 Å². The van der Waals surface area contributed by atoms with E-state index in [0.717, 1.165) is 44.4 Å². The molecule has 0 saturated heterocycles. The van der Waals surface area contributed by atoms with E-state index in [1.165, 1.54) is 12.8 Å². The van der Waals surface area contributed by atoms with Gasteiger partial charge in [-0.3, -0.25) is 9.79 Å². The molecule has 164 valence electrons. The fourth-order valence-corrected chi connectivity index (χ4v) is 5.16. The number of aliphatic imine (C=N–C) groups is 1. The number of fused-ring (bicyclic) bond motifs is 1. The standard InChI is InChI=1S/C26H26FN3OS/c1-16-4-3-5-19(12-16)25-24(29-17(2)32-25)26(31)30(15-18-6-7-18)11-10-20-14-28-23-9-8-21(27)13-22(20)23/h3-5,8,12-14,18H,6-7,9-11,15H2,1-2H3. The van der Waals surface area contributed by atoms with Crippen LogP contribution in [-0.4, -0.2) is 34.6 Å². The summed E-state index contributed by atoms with van der Waals surface area (Å²) < 4.78 is 13.8. The molecule has 2 heterocycles. The van der Waals surface area contributed by atoms with Crippen molar-refractivity contribution in [1.29, 1.82) is 0 Å². The zero-order valence-corrected chi connectivity index (χ0v) is 19.2. The number of allylic oxidation sites excluding steroid dienone is 4. The molecule has 5 rings (SSSR count). The summed E-state index contributed by atoms with van der Waals surface area (Å²) in [6.07, 6.45) is 8.48. The predicted molar refractivity (Wildman–Crippen MR) is 128 cm³/mol. The minimum absolute atomic E-state index is 0.0128. The van der Waals surface area contributed by atoms with E-state index in [1.807, 2.05) is 30.2 Å². The minimum Gasteiger partial charge on any atom is -0.337 e. The van der Waals surface area contributed by atoms with Crippen LogP contribution in [-0.2, 0) is 0 Å². The molecule has 1 saturated carbocycles. The van der Waals surface area contributed by atoms with E-state index in [2.05, 4.69) is 29.0 Å². The third-order valence-electron chi connectivity index (χ3n) is 6.14. The number of rotatable bonds is 7. The lowest BCUT2D eigenvalue weighted by molar-refractivity contribution is 0.0745. The van der Waals surface area contributed by atoms with Crippen LogP contribution >= 0.6 is 11.3 Å². The third-order valence-corrected chi connectivity index (χ3v) is 7.16. The normalized spacial score (nSPS) is 17.3. The average Bonchev–Trinajstić information content (AvgIpc) is 3.38. The summed E-state index contributed by atoms with van der Waals surface area (Å²) in [6.45, 7) is 5.33. The highest BCUT2D eigenvalue weighted by Gasteiger charge is 2.31. The molecule has 1 aromatic carbocycles. The molecule has 0 N–H and O–H groups in total. The van der Waals surface area contributed by atoms with Gasteiger partial charge in [-0.25, -0.2) is 9.37 Å². The molecule has 4 nitrogen and oxygen atoms in total. The van der Waals surface area contributed by atoms with Crippen LogP contribution in [0.3, 0.4) is 0 Å². The Morgan fingerprint density at radius 3 is 2.91 bits per heavy atom. The number of halogens is 1. The van der Waals surface area contributed by atoms with Crippen molar-refractivity contribution in [1.82, 2.24) is 9.88 Å². The van der Waals surface area contributed by atoms with Gasteiger partial charge in [0.05, 0.1) is 15.6 Å². The fourth-order valence-electron chi connectivity index (χ4n) is 4.26. The van der Waals surface area contributed by atoms with Crippen molar-refractivity contribution >= 4 is 23.0 Å². The number of amides is 1. The fraction of sp³-hybridized carbons (Fsp3) is 0.346. The Morgan fingerprint density at radius 2 is 2.12 bits per heavy atom. The van der Waals surface area contributed by atoms with Crippen molar-refractivity contribution < 1.29 is 9.18 Å². The average molecular weight is 448 g/mol. The summed E-state index contributed by atoms with van der Waals surface area (Å²) in [4.78, 5) is 25.7. The molecule has 2 aliphatic carbocycles. The maximum absolute atomic E-state index is 13.8. The van der Waals surface area contributed by atoms with Crippen molar-refractivity contribution in [2.45, 2.75) is 39.5 Å². The first-order valence-corrected chi connectivity index (χ1v) is 12.0. The maximum atomic E-state index is 13.8. The molecule has 1 fully saturated rings. The van der Waals surface area contributed by atoms with Crippen molar-refractivity contribution in [3.8, 4) is 10.4 Å². The number of aryl methyl sites for hydroxylation is 2. The van der Waals surface area contributed by atoms with Crippen molar-refractivity contribution in [2.24, 2.45) is 10.9 Å². The number of hydrogen-bond donors (Lipinski definition) is 0. The Morgan fingerprint density at radius 1 is 1.28 bits per heavy atom. The van der Waals surface area contributed by atoms with E-state index in [4.69, 9.17) is 0 Å². The Bertz CT molecular complexity index is 1200. The first kappa shape index (κ1) is 21.0. The number of nitrogens with zero attached hydrogens (tertiary/aromatic N) is 3. The van der Waals surface area contributed by atoms with Crippen LogP contribution in [0.15, 0.2) is 64.6 Å². The largest absolute Gasteiger partial charge is 0.337 e. The van der Waals surface area contributed by atoms with Gasteiger partial charge < -0.3 is 4.90 Å². The number of hydrogen-bond acceptors (Lipinski definition) is 4. The highest BCUT2D eigenvalue weighted by Crippen LogP contribution is 2.35. The summed E-state index contributed by atoms with van der Waals surface area (Å²) >= 11 is 1.57. The van der Waals surface area contributed by atoms with E-state index >= 15 is 0 Å². The topological polar surface area (TPSA) is 45.6 Å². The molecular weight excluding hydrogens is 421 g/mol. The van der Waals surface area contributed by atoms with Crippen LogP contribution in [0.1, 0.15) is 46.7 Å². The zero-order valence-electron chi connectivity index (χ0n) is 18.4. The van der Waals surface area contributed by atoms with Crippen LogP contribution in [0.5, 0.6) is 0 Å². The molecule has 32 heavy (non-hydrogen) atoms. The number of aromatic nitrogens is 1. The number of benzene rings is 1. The third kappa shape index (κ3) is 4.37. The van der Waals surface area contributed by atoms with Gasteiger partial charge in [-0.2, -0.15) is 0 Å². The molecule has 0 atom stereocenters. The SMILES string of the molecule is Cc1cccc(-c2sc(C)nc2C(=O)N(CCC2=CN=C3CC=C(F)C=C23)CC2CC2)c1. The van der Waals surface area contributed by atoms with Gasteiger partial charge >= 0.3 is 0 Å². The second-order valence-corrected chi connectivity index (χ2v) is 10.0. The van der Waals surface area contributed by atoms with Crippen LogP contribution in [0.25, 0.3) is 10.4 Å². The molecular formula is C26H26FN3OS. The molecule has 1 aliphatic heterocycles. The summed E-state index contributed by atoms with van der Waals surface area (Å²) in [5, 5.41) is 0.891. The number of carbonyl (C=O) groups excluding carboxylic acids is 1. The van der Waals surface area contributed by atoms with E-state index in [-0.39, 0.29) is 11.7 Å². The Balaban J connectivity index is 1.38. The minimum atomic E-state index is -0.210. The van der Waals surface area contributed by atoms with Crippen LogP contribution in [0.4, 0.5) is 4.39 Å². The lowest BCUT2D eigenvalue weighted by atomic mass is 9.95. The first-order chi connectivity index (χ1) is 15.5. The number of thiazole rings is 1. The van der Waals surface area contributed by atoms with Crippen molar-refractivity contribution in [3.63, 3.8) is 0 Å². The number of carbonyl (C=O) groups is 1. The van der Waals surface area contributed by atoms with Gasteiger partial charge in [0.1, 0.15) is 11.5 Å². The predicted octanol–water partition coefficient (Wildman–Crippen LogP) is 6.19. The van der Waals surface area contributed by atoms with Gasteiger partial charge in [0, 0.05) is 31.3 Å². The molecule has 0 bridgehead atoms. The van der Waals surface area contributed by atoms with E-state index in [1.54, 1.807) is 23.5 Å². The molecule has 1 amide bonds. The second kappa shape index (κ2) is 8.58. The van der Waals surface area contributed by atoms with Gasteiger partial charge in [-0.15, -0.1) is 11.3 Å². The Hall–Kier alpha value is -2.86. The second-order valence-electron chi connectivity index (χ2n) is 8.81. The van der Waals surface area contributed by atoms with Crippen molar-refractivity contribution in [2.75, 3.05) is 13.1 Å². The van der Waals surface area contributed by atoms with E-state index in [0.29, 0.717) is 31.0 Å². The van der Waals surface area contributed by atoms with Gasteiger partial charge in [0.15, 0.2) is 0 Å². The molecule has 2 aromatic rings. The quantitative estimate of drug-likeness (QED) is 0.508. The van der Waals surface area contributed by atoms with Gasteiger partial charge in [0.25, 0.3) is 5.91 Å². The van der Waals surface area contributed by atoms with Gasteiger partial charge in [0.2, 0.25) is 0 Å². The van der Waals surface area contributed by atoms with Crippen molar-refractivity contribution in [3.05, 3.63) is 75.9 Å². The lowest BCUT2D eigenvalue weighted by Crippen LogP contribution is -2.34. The molecule has 0 radical (unpaired) electrons. The summed E-state index contributed by atoms with van der Waals surface area (Å²) in [6, 6.07) is 8.23. The Labute approximate surface area is 191 Å². The highest BCUT2D eigenvalue weighted by atomic mass is 32.1. The smallest absolute Gasteiger partial charge is 0.274 e. The summed E-state index contributed by atoms with van der Waals surface area (Å²) in [5.74, 6) is 0.347. The maximum Gasteiger partial charge on any atom is 0.274 e. The zero-order chi connectivity index (χ0) is 22.2. The lowest BCUT2D eigenvalue weighted by Gasteiger charge is -2.23.